The minimum atomic E-state index is -0.578. The number of nitrogens with one attached hydrogen (secondary N) is 1. The van der Waals surface area contributed by atoms with Gasteiger partial charge in [-0.05, 0) is 37.8 Å². The fourth-order valence-electron chi connectivity index (χ4n) is 3.72. The molecule has 2 atom stereocenters. The molecule has 6 nitrogen and oxygen atoms in total. The SMILES string of the molecule is Cc1ccccc1-c1cc(NC(=O)C(C)OCC2CCCO2)n(Cc2ccccc2)n1. The molecule has 6 heteroatoms. The Morgan fingerprint density at radius 2 is 2.00 bits per heavy atom. The first-order valence-corrected chi connectivity index (χ1v) is 10.8. The third-order valence-corrected chi connectivity index (χ3v) is 5.55. The van der Waals surface area contributed by atoms with Gasteiger partial charge >= 0.3 is 0 Å². The molecule has 1 aliphatic rings. The Labute approximate surface area is 183 Å². The molecule has 0 aliphatic carbocycles. The molecule has 1 aliphatic heterocycles. The van der Waals surface area contributed by atoms with Crippen molar-refractivity contribution in [2.45, 2.75) is 45.4 Å². The summed E-state index contributed by atoms with van der Waals surface area (Å²) < 4.78 is 13.2. The summed E-state index contributed by atoms with van der Waals surface area (Å²) in [7, 11) is 0. The number of aryl methyl sites for hydroxylation is 1. The second-order valence-corrected chi connectivity index (χ2v) is 7.97. The van der Waals surface area contributed by atoms with Crippen LogP contribution in [0.15, 0.2) is 60.7 Å². The molecule has 0 bridgehead atoms. The van der Waals surface area contributed by atoms with Crippen molar-refractivity contribution in [3.8, 4) is 11.3 Å². The van der Waals surface area contributed by atoms with E-state index in [9.17, 15) is 4.79 Å². The third-order valence-electron chi connectivity index (χ3n) is 5.55. The molecule has 1 saturated heterocycles. The molecule has 0 saturated carbocycles. The lowest BCUT2D eigenvalue weighted by Gasteiger charge is -2.16. The average molecular weight is 420 g/mol. The van der Waals surface area contributed by atoms with Gasteiger partial charge in [-0.25, -0.2) is 4.68 Å². The molecule has 1 amide bonds. The summed E-state index contributed by atoms with van der Waals surface area (Å²) in [5.41, 5.74) is 4.13. The number of hydrogen-bond acceptors (Lipinski definition) is 4. The quantitative estimate of drug-likeness (QED) is 0.587. The number of rotatable bonds is 8. The molecule has 31 heavy (non-hydrogen) atoms. The van der Waals surface area contributed by atoms with Crippen LogP contribution in [0.4, 0.5) is 5.82 Å². The van der Waals surface area contributed by atoms with Crippen LogP contribution in [0.1, 0.15) is 30.9 Å². The lowest BCUT2D eigenvalue weighted by atomic mass is 10.1. The van der Waals surface area contributed by atoms with Crippen LogP contribution >= 0.6 is 0 Å². The number of hydrogen-bond donors (Lipinski definition) is 1. The zero-order valence-corrected chi connectivity index (χ0v) is 18.1. The minimum Gasteiger partial charge on any atom is -0.376 e. The van der Waals surface area contributed by atoms with Crippen LogP contribution in [-0.2, 0) is 20.8 Å². The van der Waals surface area contributed by atoms with Gasteiger partial charge in [-0.1, -0.05) is 54.6 Å². The summed E-state index contributed by atoms with van der Waals surface area (Å²) in [4.78, 5) is 12.8. The normalized spacial score (nSPS) is 16.9. The van der Waals surface area contributed by atoms with Crippen LogP contribution in [0.25, 0.3) is 11.3 Å². The van der Waals surface area contributed by atoms with Crippen molar-refractivity contribution in [2.24, 2.45) is 0 Å². The standard InChI is InChI=1S/C25H29N3O3/c1-18-9-6-7-13-22(18)23-15-24(28(27-23)16-20-10-4-3-5-11-20)26-25(29)19(2)31-17-21-12-8-14-30-21/h3-7,9-11,13,15,19,21H,8,12,14,16-17H2,1-2H3,(H,26,29). The molecular formula is C25H29N3O3. The molecule has 2 unspecified atom stereocenters. The van der Waals surface area contributed by atoms with Gasteiger partial charge in [-0.2, -0.15) is 5.10 Å². The summed E-state index contributed by atoms with van der Waals surface area (Å²) in [6, 6.07) is 20.1. The highest BCUT2D eigenvalue weighted by molar-refractivity contribution is 5.93. The maximum atomic E-state index is 12.8. The summed E-state index contributed by atoms with van der Waals surface area (Å²) in [6.45, 7) is 5.60. The van der Waals surface area contributed by atoms with Crippen LogP contribution < -0.4 is 5.32 Å². The molecule has 3 aromatic rings. The first-order chi connectivity index (χ1) is 15.1. The van der Waals surface area contributed by atoms with Crippen LogP contribution in [0, 0.1) is 6.92 Å². The second-order valence-electron chi connectivity index (χ2n) is 7.97. The van der Waals surface area contributed by atoms with Crippen LogP contribution in [-0.4, -0.2) is 41.1 Å². The van der Waals surface area contributed by atoms with Crippen LogP contribution in [0.5, 0.6) is 0 Å². The van der Waals surface area contributed by atoms with E-state index in [1.165, 1.54) is 0 Å². The maximum absolute atomic E-state index is 12.8. The monoisotopic (exact) mass is 419 g/mol. The predicted molar refractivity (Wildman–Crippen MR) is 121 cm³/mol. The van der Waals surface area contributed by atoms with Gasteiger partial charge in [-0.15, -0.1) is 0 Å². The largest absolute Gasteiger partial charge is 0.376 e. The molecule has 1 N–H and O–H groups in total. The van der Waals surface area contributed by atoms with Crippen molar-refractivity contribution in [1.82, 2.24) is 9.78 Å². The van der Waals surface area contributed by atoms with E-state index in [1.54, 1.807) is 6.92 Å². The molecule has 1 fully saturated rings. The Hall–Kier alpha value is -2.96. The van der Waals surface area contributed by atoms with Gasteiger partial charge in [0.2, 0.25) is 0 Å². The molecule has 0 radical (unpaired) electrons. The number of carbonyl (C=O) groups excluding carboxylic acids is 1. The number of benzene rings is 2. The van der Waals surface area contributed by atoms with Gasteiger partial charge in [-0.3, -0.25) is 4.79 Å². The molecule has 162 valence electrons. The Morgan fingerprint density at radius 1 is 1.23 bits per heavy atom. The fourth-order valence-corrected chi connectivity index (χ4v) is 3.72. The summed E-state index contributed by atoms with van der Waals surface area (Å²) in [5.74, 6) is 0.461. The number of ether oxygens (including phenoxy) is 2. The van der Waals surface area contributed by atoms with Gasteiger partial charge in [0.1, 0.15) is 11.9 Å². The zero-order valence-electron chi connectivity index (χ0n) is 18.1. The number of amides is 1. The van der Waals surface area contributed by atoms with E-state index in [4.69, 9.17) is 14.6 Å². The van der Waals surface area contributed by atoms with E-state index in [1.807, 2.05) is 59.3 Å². The molecule has 2 aromatic carbocycles. The summed E-state index contributed by atoms with van der Waals surface area (Å²) in [5, 5.41) is 7.81. The van der Waals surface area contributed by atoms with Crippen molar-refractivity contribution in [2.75, 3.05) is 18.5 Å². The first-order valence-electron chi connectivity index (χ1n) is 10.8. The highest BCUT2D eigenvalue weighted by atomic mass is 16.5. The van der Waals surface area contributed by atoms with E-state index in [0.29, 0.717) is 19.0 Å². The Bertz CT molecular complexity index is 1010. The molecule has 0 spiro atoms. The lowest BCUT2D eigenvalue weighted by molar-refractivity contribution is -0.128. The topological polar surface area (TPSA) is 65.4 Å². The molecule has 1 aromatic heterocycles. The number of anilines is 1. The molecular weight excluding hydrogens is 390 g/mol. The van der Waals surface area contributed by atoms with Crippen LogP contribution in [0.2, 0.25) is 0 Å². The first kappa shape index (κ1) is 21.3. The van der Waals surface area contributed by atoms with Gasteiger partial charge in [0, 0.05) is 18.2 Å². The highest BCUT2D eigenvalue weighted by Gasteiger charge is 2.21. The van der Waals surface area contributed by atoms with Gasteiger partial charge in [0.05, 0.1) is 24.9 Å². The lowest BCUT2D eigenvalue weighted by Crippen LogP contribution is -2.31. The molecule has 2 heterocycles. The highest BCUT2D eigenvalue weighted by Crippen LogP contribution is 2.26. The van der Waals surface area contributed by atoms with E-state index in [2.05, 4.69) is 18.3 Å². The summed E-state index contributed by atoms with van der Waals surface area (Å²) in [6.07, 6.45) is 1.55. The van der Waals surface area contributed by atoms with Gasteiger partial charge < -0.3 is 14.8 Å². The van der Waals surface area contributed by atoms with E-state index in [0.717, 1.165) is 41.8 Å². The minimum absolute atomic E-state index is 0.0894. The maximum Gasteiger partial charge on any atom is 0.254 e. The summed E-state index contributed by atoms with van der Waals surface area (Å²) >= 11 is 0. The Balaban J connectivity index is 1.52. The fraction of sp³-hybridized carbons (Fsp3) is 0.360. The number of nitrogens with zero attached hydrogens (tertiary/aromatic N) is 2. The Kier molecular flexibility index (Phi) is 6.79. The smallest absolute Gasteiger partial charge is 0.254 e. The van der Waals surface area contributed by atoms with Gasteiger partial charge in [0.15, 0.2) is 0 Å². The van der Waals surface area contributed by atoms with Crippen molar-refractivity contribution in [1.29, 1.82) is 0 Å². The Morgan fingerprint density at radius 3 is 2.74 bits per heavy atom. The van der Waals surface area contributed by atoms with E-state index in [-0.39, 0.29) is 12.0 Å². The number of aromatic nitrogens is 2. The zero-order chi connectivity index (χ0) is 21.6. The van der Waals surface area contributed by atoms with Crippen molar-refractivity contribution in [3.05, 3.63) is 71.8 Å². The van der Waals surface area contributed by atoms with Gasteiger partial charge in [0.25, 0.3) is 5.91 Å². The molecule has 4 rings (SSSR count). The van der Waals surface area contributed by atoms with E-state index < -0.39 is 6.10 Å². The van der Waals surface area contributed by atoms with Crippen LogP contribution in [0.3, 0.4) is 0 Å². The number of carbonyl (C=O) groups is 1. The van der Waals surface area contributed by atoms with Crippen molar-refractivity contribution in [3.63, 3.8) is 0 Å². The predicted octanol–water partition coefficient (Wildman–Crippen LogP) is 4.43. The third kappa shape index (κ3) is 5.40. The van der Waals surface area contributed by atoms with Crippen molar-refractivity contribution >= 4 is 11.7 Å². The van der Waals surface area contributed by atoms with E-state index >= 15 is 0 Å². The second kappa shape index (κ2) is 9.90. The average Bonchev–Trinajstić information content (AvgIpc) is 3.43. The van der Waals surface area contributed by atoms with Crippen molar-refractivity contribution < 1.29 is 14.3 Å².